The topological polar surface area (TPSA) is 20.3 Å². The molecule has 0 spiro atoms. The van der Waals surface area contributed by atoms with Gasteiger partial charge in [-0.3, -0.25) is 4.79 Å². The summed E-state index contributed by atoms with van der Waals surface area (Å²) in [4.78, 5) is 16.4. The highest BCUT2D eigenvalue weighted by Gasteiger charge is 2.31. The second kappa shape index (κ2) is 6.26. The lowest BCUT2D eigenvalue weighted by molar-refractivity contribution is 0.0656. The highest BCUT2D eigenvalue weighted by atomic mass is 127. The zero-order valence-corrected chi connectivity index (χ0v) is 15.3. The van der Waals surface area contributed by atoms with E-state index >= 15 is 0 Å². The molecule has 0 saturated carbocycles. The fraction of sp³-hybridized carbons (Fsp3) is 0.312. The minimum atomic E-state index is 0.0885. The Hall–Kier alpha value is -0.590. The summed E-state index contributed by atoms with van der Waals surface area (Å²) < 4.78 is 0.952. The Labute approximate surface area is 147 Å². The van der Waals surface area contributed by atoms with Gasteiger partial charge in [-0.05, 0) is 70.6 Å². The Bertz CT molecular complexity index is 685. The molecule has 3 rings (SSSR count). The molecule has 2 aromatic rings. The SMILES string of the molecule is CCC1c2ccsc2CCN1C(=O)c1cc(Cl)ccc1I. The van der Waals surface area contributed by atoms with Gasteiger partial charge >= 0.3 is 0 Å². The second-order valence-corrected chi connectivity index (χ2v) is 7.70. The molecule has 0 radical (unpaired) electrons. The van der Waals surface area contributed by atoms with Crippen LogP contribution < -0.4 is 0 Å². The smallest absolute Gasteiger partial charge is 0.255 e. The summed E-state index contributed by atoms with van der Waals surface area (Å²) in [6, 6.07) is 7.85. The van der Waals surface area contributed by atoms with Crippen LogP contribution in [0.2, 0.25) is 5.02 Å². The summed E-state index contributed by atoms with van der Waals surface area (Å²) in [5.41, 5.74) is 2.03. The minimum Gasteiger partial charge on any atom is -0.331 e. The first-order valence-corrected chi connectivity index (χ1v) is 9.27. The van der Waals surface area contributed by atoms with Gasteiger partial charge < -0.3 is 4.90 Å². The van der Waals surface area contributed by atoms with Crippen LogP contribution in [0.25, 0.3) is 0 Å². The third-order valence-corrected chi connectivity index (χ3v) is 6.07. The molecule has 1 amide bonds. The monoisotopic (exact) mass is 431 g/mol. The van der Waals surface area contributed by atoms with Gasteiger partial charge in [0.2, 0.25) is 0 Å². The lowest BCUT2D eigenvalue weighted by atomic mass is 9.97. The summed E-state index contributed by atoms with van der Waals surface area (Å²) in [5.74, 6) is 0.0885. The molecule has 5 heteroatoms. The van der Waals surface area contributed by atoms with Crippen molar-refractivity contribution in [3.05, 3.63) is 54.2 Å². The fourth-order valence-electron chi connectivity index (χ4n) is 2.90. The van der Waals surface area contributed by atoms with Gasteiger partial charge in [0.1, 0.15) is 0 Å². The molecule has 1 aromatic carbocycles. The molecular formula is C16H15ClINOS. The van der Waals surface area contributed by atoms with Gasteiger partial charge in [0, 0.05) is 20.0 Å². The van der Waals surface area contributed by atoms with Gasteiger partial charge in [0.15, 0.2) is 0 Å². The predicted molar refractivity (Wildman–Crippen MR) is 96.3 cm³/mol. The maximum absolute atomic E-state index is 12.9. The van der Waals surface area contributed by atoms with Crippen molar-refractivity contribution < 1.29 is 4.79 Å². The van der Waals surface area contributed by atoms with Crippen molar-refractivity contribution >= 4 is 51.4 Å². The first-order valence-electron chi connectivity index (χ1n) is 6.94. The van der Waals surface area contributed by atoms with Crippen molar-refractivity contribution in [3.8, 4) is 0 Å². The van der Waals surface area contributed by atoms with Gasteiger partial charge in [-0.2, -0.15) is 0 Å². The Kier molecular flexibility index (Phi) is 4.57. The van der Waals surface area contributed by atoms with E-state index in [1.807, 2.05) is 17.0 Å². The van der Waals surface area contributed by atoms with E-state index < -0.39 is 0 Å². The number of carbonyl (C=O) groups excluding carboxylic acids is 1. The van der Waals surface area contributed by atoms with Gasteiger partial charge in [0.25, 0.3) is 5.91 Å². The molecule has 110 valence electrons. The quantitative estimate of drug-likeness (QED) is 0.602. The first kappa shape index (κ1) is 15.3. The molecule has 1 aliphatic heterocycles. The number of nitrogens with zero attached hydrogens (tertiary/aromatic N) is 1. The van der Waals surface area contributed by atoms with Crippen molar-refractivity contribution in [2.45, 2.75) is 25.8 Å². The maximum atomic E-state index is 12.9. The van der Waals surface area contributed by atoms with Crippen LogP contribution in [0.5, 0.6) is 0 Å². The number of carbonyl (C=O) groups is 1. The summed E-state index contributed by atoms with van der Waals surface area (Å²) in [6.45, 7) is 2.92. The van der Waals surface area contributed by atoms with E-state index in [1.165, 1.54) is 10.4 Å². The Morgan fingerprint density at radius 3 is 3.05 bits per heavy atom. The minimum absolute atomic E-state index is 0.0885. The van der Waals surface area contributed by atoms with E-state index in [0.717, 1.165) is 23.0 Å². The summed E-state index contributed by atoms with van der Waals surface area (Å²) in [7, 11) is 0. The highest BCUT2D eigenvalue weighted by molar-refractivity contribution is 14.1. The zero-order chi connectivity index (χ0) is 15.0. The zero-order valence-electron chi connectivity index (χ0n) is 11.6. The molecule has 21 heavy (non-hydrogen) atoms. The van der Waals surface area contributed by atoms with E-state index in [0.29, 0.717) is 10.6 Å². The van der Waals surface area contributed by atoms with Gasteiger partial charge in [-0.25, -0.2) is 0 Å². The molecular weight excluding hydrogens is 417 g/mol. The molecule has 2 heterocycles. The number of amides is 1. The van der Waals surface area contributed by atoms with Crippen molar-refractivity contribution in [1.82, 2.24) is 4.90 Å². The molecule has 2 nitrogen and oxygen atoms in total. The number of benzene rings is 1. The van der Waals surface area contributed by atoms with Crippen LogP contribution in [0.4, 0.5) is 0 Å². The molecule has 1 aromatic heterocycles. The Balaban J connectivity index is 1.96. The van der Waals surface area contributed by atoms with Crippen LogP contribution >= 0.6 is 45.5 Å². The molecule has 0 saturated heterocycles. The maximum Gasteiger partial charge on any atom is 0.255 e. The standard InChI is InChI=1S/C16H15ClINOS/c1-2-14-11-6-8-21-15(11)5-7-19(14)16(20)12-9-10(17)3-4-13(12)18/h3-4,6,8-9,14H,2,5,7H2,1H3. The van der Waals surface area contributed by atoms with Crippen molar-refractivity contribution in [2.75, 3.05) is 6.54 Å². The van der Waals surface area contributed by atoms with Gasteiger partial charge in [-0.1, -0.05) is 18.5 Å². The normalized spacial score (nSPS) is 17.7. The second-order valence-electron chi connectivity index (χ2n) is 5.10. The van der Waals surface area contributed by atoms with Crippen LogP contribution in [0.3, 0.4) is 0 Å². The number of halogens is 2. The largest absolute Gasteiger partial charge is 0.331 e. The number of fused-ring (bicyclic) bond motifs is 1. The van der Waals surface area contributed by atoms with E-state index in [2.05, 4.69) is 41.0 Å². The number of hydrogen-bond acceptors (Lipinski definition) is 2. The van der Waals surface area contributed by atoms with E-state index in [4.69, 9.17) is 11.6 Å². The summed E-state index contributed by atoms with van der Waals surface area (Å²) in [6.07, 6.45) is 1.89. The van der Waals surface area contributed by atoms with Crippen LogP contribution in [-0.4, -0.2) is 17.4 Å². The number of rotatable bonds is 2. The Morgan fingerprint density at radius 1 is 1.48 bits per heavy atom. The molecule has 1 aliphatic rings. The molecule has 0 fully saturated rings. The van der Waals surface area contributed by atoms with E-state index in [-0.39, 0.29) is 11.9 Å². The third kappa shape index (κ3) is 2.85. The van der Waals surface area contributed by atoms with Crippen LogP contribution in [-0.2, 0) is 6.42 Å². The van der Waals surface area contributed by atoms with E-state index in [9.17, 15) is 4.79 Å². The highest BCUT2D eigenvalue weighted by Crippen LogP contribution is 2.36. The lowest BCUT2D eigenvalue weighted by Gasteiger charge is -2.35. The van der Waals surface area contributed by atoms with Crippen molar-refractivity contribution in [2.24, 2.45) is 0 Å². The molecule has 1 atom stereocenters. The fourth-order valence-corrected chi connectivity index (χ4v) is 4.56. The van der Waals surface area contributed by atoms with Gasteiger partial charge in [0.05, 0.1) is 11.6 Å². The average Bonchev–Trinajstić information content (AvgIpc) is 2.96. The number of hydrogen-bond donors (Lipinski definition) is 0. The van der Waals surface area contributed by atoms with Crippen molar-refractivity contribution in [1.29, 1.82) is 0 Å². The number of thiophene rings is 1. The molecule has 0 N–H and O–H groups in total. The van der Waals surface area contributed by atoms with E-state index in [1.54, 1.807) is 17.4 Å². The molecule has 0 aliphatic carbocycles. The van der Waals surface area contributed by atoms with Gasteiger partial charge in [-0.15, -0.1) is 11.3 Å². The van der Waals surface area contributed by atoms with Crippen LogP contribution in [0.15, 0.2) is 29.6 Å². The molecule has 0 bridgehead atoms. The summed E-state index contributed by atoms with van der Waals surface area (Å²) >= 11 is 10.1. The third-order valence-electron chi connectivity index (χ3n) is 3.90. The van der Waals surface area contributed by atoms with Crippen LogP contribution in [0, 0.1) is 3.57 Å². The Morgan fingerprint density at radius 2 is 2.29 bits per heavy atom. The van der Waals surface area contributed by atoms with Crippen LogP contribution in [0.1, 0.15) is 40.2 Å². The van der Waals surface area contributed by atoms with Crippen molar-refractivity contribution in [3.63, 3.8) is 0 Å². The predicted octanol–water partition coefficient (Wildman–Crippen LogP) is 5.16. The first-order chi connectivity index (χ1) is 10.1. The molecule has 1 unspecified atom stereocenters. The lowest BCUT2D eigenvalue weighted by Crippen LogP contribution is -2.39. The summed E-state index contributed by atoms with van der Waals surface area (Å²) in [5, 5.41) is 2.74. The average molecular weight is 432 g/mol.